The topological polar surface area (TPSA) is 111 Å². The van der Waals surface area contributed by atoms with Crippen LogP contribution in [-0.4, -0.2) is 29.7 Å². The number of anilines is 1. The van der Waals surface area contributed by atoms with Gasteiger partial charge in [-0.1, -0.05) is 6.08 Å². The number of amides is 1. The molecule has 0 aliphatic carbocycles. The quantitative estimate of drug-likeness (QED) is 0.290. The van der Waals surface area contributed by atoms with Gasteiger partial charge in [0.05, 0.1) is 18.9 Å². The van der Waals surface area contributed by atoms with Gasteiger partial charge in [0.2, 0.25) is 7.58 Å². The molecule has 0 bridgehead atoms. The van der Waals surface area contributed by atoms with Crippen LogP contribution < -0.4 is 10.1 Å². The number of aliphatic carboxylic acids is 1. The van der Waals surface area contributed by atoms with Gasteiger partial charge < -0.3 is 19.1 Å². The van der Waals surface area contributed by atoms with Crippen LogP contribution >= 0.6 is 7.58 Å². The number of carbonyl (C=O) groups is 3. The molecule has 0 heterocycles. The Morgan fingerprint density at radius 2 is 1.92 bits per heavy atom. The predicted octanol–water partition coefficient (Wildman–Crippen LogP) is 3.02. The fraction of sp³-hybridized carbons (Fsp3) is 0.133. The smallest absolute Gasteiger partial charge is 0.411 e. The molecule has 1 aromatic carbocycles. The van der Waals surface area contributed by atoms with Crippen LogP contribution in [0.4, 0.5) is 10.5 Å². The number of carbonyl (C=O) groups excluding carboxylic acids is 2. The van der Waals surface area contributed by atoms with E-state index in [4.69, 9.17) is 14.6 Å². The van der Waals surface area contributed by atoms with E-state index >= 15 is 0 Å². The van der Waals surface area contributed by atoms with Crippen molar-refractivity contribution < 1.29 is 33.5 Å². The van der Waals surface area contributed by atoms with Gasteiger partial charge in [0.1, 0.15) is 5.75 Å². The molecule has 0 saturated heterocycles. The Balaban J connectivity index is 2.31. The van der Waals surface area contributed by atoms with Crippen LogP contribution in [0.15, 0.2) is 48.8 Å². The SMILES string of the molecule is O=C(O)C=COc1ccc(NC(=O)OCCC=CC(=O)OP=S)cc1. The highest BCUT2D eigenvalue weighted by Gasteiger charge is 2.03. The number of benzene rings is 1. The summed E-state index contributed by atoms with van der Waals surface area (Å²) >= 11 is 4.45. The van der Waals surface area contributed by atoms with E-state index in [2.05, 4.69) is 21.6 Å². The largest absolute Gasteiger partial charge is 0.478 e. The second kappa shape index (κ2) is 11.7. The highest BCUT2D eigenvalue weighted by atomic mass is 32.4. The van der Waals surface area contributed by atoms with Crippen molar-refractivity contribution in [3.63, 3.8) is 0 Å². The zero-order valence-corrected chi connectivity index (χ0v) is 14.5. The van der Waals surface area contributed by atoms with E-state index in [0.717, 1.165) is 12.3 Å². The molecule has 0 spiro atoms. The minimum atomic E-state index is -1.12. The molecule has 0 fully saturated rings. The summed E-state index contributed by atoms with van der Waals surface area (Å²) in [4.78, 5) is 32.8. The van der Waals surface area contributed by atoms with Crippen molar-refractivity contribution in [2.24, 2.45) is 0 Å². The standard InChI is InChI=1S/C15H14NO7PS/c17-13(18)8-10-21-12-6-4-11(5-7-12)16-15(20)22-9-2-1-3-14(19)23-24-25/h1,3-8,10H,2,9H2,(H,16,20)(H,17,18). The Morgan fingerprint density at radius 1 is 1.20 bits per heavy atom. The average Bonchev–Trinajstić information content (AvgIpc) is 2.56. The number of carboxylic acid groups (broad SMARTS) is 1. The van der Waals surface area contributed by atoms with Gasteiger partial charge in [-0.3, -0.25) is 5.32 Å². The molecule has 8 nitrogen and oxygen atoms in total. The molecule has 0 aliphatic heterocycles. The van der Waals surface area contributed by atoms with Crippen molar-refractivity contribution >= 4 is 43.1 Å². The van der Waals surface area contributed by atoms with E-state index in [1.54, 1.807) is 24.3 Å². The number of hydrogen-bond acceptors (Lipinski definition) is 7. The van der Waals surface area contributed by atoms with Gasteiger partial charge in [-0.05, 0) is 36.1 Å². The van der Waals surface area contributed by atoms with Crippen LogP contribution in [0, 0.1) is 0 Å². The number of rotatable bonds is 9. The predicted molar refractivity (Wildman–Crippen MR) is 93.0 cm³/mol. The van der Waals surface area contributed by atoms with Gasteiger partial charge in [-0.25, -0.2) is 14.4 Å². The lowest BCUT2D eigenvalue weighted by Gasteiger charge is -2.06. The normalized spacial score (nSPS) is 10.7. The average molecular weight is 383 g/mol. The Bertz CT molecular complexity index is 673. The van der Waals surface area contributed by atoms with Gasteiger partial charge in [0, 0.05) is 18.2 Å². The molecule has 2 N–H and O–H groups in total. The lowest BCUT2D eigenvalue weighted by atomic mass is 10.3. The molecule has 1 rings (SSSR count). The lowest BCUT2D eigenvalue weighted by Crippen LogP contribution is -2.14. The number of hydrogen-bond donors (Lipinski definition) is 2. The van der Waals surface area contributed by atoms with E-state index in [1.165, 1.54) is 12.2 Å². The van der Waals surface area contributed by atoms with Gasteiger partial charge in [0.25, 0.3) is 0 Å². The van der Waals surface area contributed by atoms with Crippen LogP contribution in [0.1, 0.15) is 6.42 Å². The van der Waals surface area contributed by atoms with Gasteiger partial charge in [-0.15, -0.1) is 0 Å². The van der Waals surface area contributed by atoms with Crippen LogP contribution in [-0.2, 0) is 30.7 Å². The maximum absolute atomic E-state index is 11.6. The molecular weight excluding hydrogens is 369 g/mol. The van der Waals surface area contributed by atoms with Crippen molar-refractivity contribution in [2.75, 3.05) is 11.9 Å². The summed E-state index contributed by atoms with van der Waals surface area (Å²) in [6, 6.07) is 6.23. The molecular formula is C15H14NO7PS. The Hall–Kier alpha value is -2.77. The first kappa shape index (κ1) is 20.3. The van der Waals surface area contributed by atoms with E-state index in [0.29, 0.717) is 17.9 Å². The number of carboxylic acids is 1. The highest BCUT2D eigenvalue weighted by Crippen LogP contribution is 2.16. The fourth-order valence-electron chi connectivity index (χ4n) is 1.41. The molecule has 0 atom stereocenters. The molecule has 0 radical (unpaired) electrons. The van der Waals surface area contributed by atoms with Crippen LogP contribution in [0.5, 0.6) is 5.75 Å². The van der Waals surface area contributed by atoms with Crippen molar-refractivity contribution in [1.29, 1.82) is 0 Å². The van der Waals surface area contributed by atoms with E-state index in [9.17, 15) is 14.4 Å². The summed E-state index contributed by atoms with van der Waals surface area (Å²) in [5.74, 6) is -1.26. The summed E-state index contributed by atoms with van der Waals surface area (Å²) in [6.45, 7) is 0.0857. The Morgan fingerprint density at radius 3 is 2.56 bits per heavy atom. The zero-order chi connectivity index (χ0) is 18.5. The molecule has 1 aromatic rings. The molecule has 132 valence electrons. The third kappa shape index (κ3) is 9.85. The van der Waals surface area contributed by atoms with Crippen molar-refractivity contribution in [3.05, 3.63) is 48.8 Å². The summed E-state index contributed by atoms with van der Waals surface area (Å²) in [6.07, 6.45) is 4.30. The monoisotopic (exact) mass is 383 g/mol. The Kier molecular flexibility index (Phi) is 9.50. The van der Waals surface area contributed by atoms with Crippen LogP contribution in [0.2, 0.25) is 0 Å². The minimum Gasteiger partial charge on any atom is -0.478 e. The zero-order valence-electron chi connectivity index (χ0n) is 12.8. The van der Waals surface area contributed by atoms with Gasteiger partial charge >= 0.3 is 18.0 Å². The third-order valence-electron chi connectivity index (χ3n) is 2.41. The fourth-order valence-corrected chi connectivity index (χ4v) is 1.76. The van der Waals surface area contributed by atoms with E-state index < -0.39 is 18.0 Å². The third-order valence-corrected chi connectivity index (χ3v) is 2.89. The molecule has 25 heavy (non-hydrogen) atoms. The first-order valence-corrected chi connectivity index (χ1v) is 8.64. The van der Waals surface area contributed by atoms with Crippen molar-refractivity contribution in [2.45, 2.75) is 6.42 Å². The molecule has 1 amide bonds. The van der Waals surface area contributed by atoms with Gasteiger partial charge in [0.15, 0.2) is 0 Å². The summed E-state index contributed by atoms with van der Waals surface area (Å²) < 4.78 is 14.5. The maximum Gasteiger partial charge on any atom is 0.411 e. The molecule has 0 unspecified atom stereocenters. The van der Waals surface area contributed by atoms with Crippen molar-refractivity contribution in [1.82, 2.24) is 0 Å². The minimum absolute atomic E-state index is 0.0857. The highest BCUT2D eigenvalue weighted by molar-refractivity contribution is 7.94. The van der Waals surface area contributed by atoms with E-state index in [-0.39, 0.29) is 14.2 Å². The van der Waals surface area contributed by atoms with Crippen LogP contribution in [0.25, 0.3) is 0 Å². The second-order valence-corrected chi connectivity index (χ2v) is 5.00. The maximum atomic E-state index is 11.6. The summed E-state index contributed by atoms with van der Waals surface area (Å²) in [7, 11) is 0.105. The lowest BCUT2D eigenvalue weighted by molar-refractivity contribution is -0.131. The molecule has 0 aromatic heterocycles. The molecule has 0 saturated carbocycles. The van der Waals surface area contributed by atoms with Crippen LogP contribution in [0.3, 0.4) is 0 Å². The molecule has 10 heteroatoms. The number of ether oxygens (including phenoxy) is 2. The van der Waals surface area contributed by atoms with Gasteiger partial charge in [-0.2, -0.15) is 0 Å². The molecule has 0 aliphatic rings. The summed E-state index contributed by atoms with van der Waals surface area (Å²) in [5, 5.41) is 10.9. The second-order valence-electron chi connectivity index (χ2n) is 4.22. The number of nitrogens with one attached hydrogen (secondary N) is 1. The summed E-state index contributed by atoms with van der Waals surface area (Å²) in [5.41, 5.74) is 0.475. The Labute approximate surface area is 150 Å². The first-order chi connectivity index (χ1) is 12.0. The van der Waals surface area contributed by atoms with Crippen molar-refractivity contribution in [3.8, 4) is 5.75 Å². The van der Waals surface area contributed by atoms with E-state index in [1.807, 2.05) is 0 Å². The first-order valence-electron chi connectivity index (χ1n) is 6.81.